The molecule has 2 aromatic heterocycles. The van der Waals surface area contributed by atoms with Crippen molar-refractivity contribution in [3.63, 3.8) is 0 Å². The second-order valence-corrected chi connectivity index (χ2v) is 6.52. The van der Waals surface area contributed by atoms with Gasteiger partial charge in [0, 0.05) is 33.6 Å². The molecule has 0 saturated carbocycles. The molecule has 2 N–H and O–H groups in total. The van der Waals surface area contributed by atoms with Gasteiger partial charge in [0.25, 0.3) is 0 Å². The fourth-order valence-corrected chi connectivity index (χ4v) is 2.93. The zero-order valence-corrected chi connectivity index (χ0v) is 12.1. The summed E-state index contributed by atoms with van der Waals surface area (Å²) in [5.74, 6) is 0. The Kier molecular flexibility index (Phi) is 2.82. The van der Waals surface area contributed by atoms with Crippen molar-refractivity contribution in [1.29, 1.82) is 0 Å². The molecule has 0 amide bonds. The number of hydrogen-bond donors (Lipinski definition) is 2. The van der Waals surface area contributed by atoms with Crippen LogP contribution in [-0.2, 0) is 5.41 Å². The van der Waals surface area contributed by atoms with Crippen LogP contribution in [-0.4, -0.2) is 9.97 Å². The lowest BCUT2D eigenvalue weighted by molar-refractivity contribution is 0.573. The van der Waals surface area contributed by atoms with Gasteiger partial charge in [-0.15, -0.1) is 11.3 Å². The third kappa shape index (κ3) is 2.36. The van der Waals surface area contributed by atoms with E-state index in [2.05, 4.69) is 59.6 Å². The van der Waals surface area contributed by atoms with Gasteiger partial charge < -0.3 is 10.3 Å². The fraction of sp³-hybridized carbons (Fsp3) is 0.267. The van der Waals surface area contributed by atoms with Crippen molar-refractivity contribution in [2.24, 2.45) is 0 Å². The van der Waals surface area contributed by atoms with E-state index >= 15 is 0 Å². The lowest BCUT2D eigenvalue weighted by Gasteiger charge is -2.14. The number of anilines is 2. The van der Waals surface area contributed by atoms with Crippen LogP contribution < -0.4 is 5.32 Å². The molecule has 0 saturated heterocycles. The molecule has 19 heavy (non-hydrogen) atoms. The van der Waals surface area contributed by atoms with Gasteiger partial charge in [-0.05, 0) is 18.2 Å². The van der Waals surface area contributed by atoms with Gasteiger partial charge in [-0.25, -0.2) is 4.98 Å². The van der Waals surface area contributed by atoms with E-state index in [4.69, 9.17) is 0 Å². The summed E-state index contributed by atoms with van der Waals surface area (Å²) < 4.78 is 0. The molecule has 3 nitrogen and oxygen atoms in total. The molecule has 0 atom stereocenters. The van der Waals surface area contributed by atoms with Gasteiger partial charge in [-0.1, -0.05) is 26.8 Å². The van der Waals surface area contributed by atoms with E-state index in [1.807, 2.05) is 12.3 Å². The van der Waals surface area contributed by atoms with Crippen molar-refractivity contribution in [1.82, 2.24) is 9.97 Å². The topological polar surface area (TPSA) is 40.7 Å². The molecule has 0 aliphatic rings. The third-order valence-corrected chi connectivity index (χ3v) is 3.87. The molecule has 0 aliphatic carbocycles. The summed E-state index contributed by atoms with van der Waals surface area (Å²) in [7, 11) is 0. The summed E-state index contributed by atoms with van der Waals surface area (Å²) in [6.07, 6.45) is 1.96. The highest BCUT2D eigenvalue weighted by Gasteiger charge is 2.17. The number of fused-ring (bicyclic) bond motifs is 1. The molecule has 2 heterocycles. The SMILES string of the molecule is CC(C)(C)c1csc(Nc2cccc3[nH]ccc23)n1. The summed E-state index contributed by atoms with van der Waals surface area (Å²) in [4.78, 5) is 7.88. The van der Waals surface area contributed by atoms with Crippen molar-refractivity contribution < 1.29 is 0 Å². The number of rotatable bonds is 2. The van der Waals surface area contributed by atoms with E-state index in [0.29, 0.717) is 0 Å². The Bertz CT molecular complexity index is 703. The predicted molar refractivity (Wildman–Crippen MR) is 82.4 cm³/mol. The molecule has 0 bridgehead atoms. The van der Waals surface area contributed by atoms with Gasteiger partial charge >= 0.3 is 0 Å². The second kappa shape index (κ2) is 4.38. The number of nitrogens with zero attached hydrogens (tertiary/aromatic N) is 1. The smallest absolute Gasteiger partial charge is 0.187 e. The van der Waals surface area contributed by atoms with Gasteiger partial charge in [-0.3, -0.25) is 0 Å². The number of hydrogen-bond acceptors (Lipinski definition) is 3. The first-order chi connectivity index (χ1) is 9.04. The Balaban J connectivity index is 1.93. The van der Waals surface area contributed by atoms with E-state index < -0.39 is 0 Å². The lowest BCUT2D eigenvalue weighted by Crippen LogP contribution is -2.11. The molecule has 0 fully saturated rings. The quantitative estimate of drug-likeness (QED) is 0.711. The van der Waals surface area contributed by atoms with Crippen LogP contribution >= 0.6 is 11.3 Å². The summed E-state index contributed by atoms with van der Waals surface area (Å²) >= 11 is 1.65. The number of nitrogens with one attached hydrogen (secondary N) is 2. The van der Waals surface area contributed by atoms with Crippen molar-refractivity contribution in [2.75, 3.05) is 5.32 Å². The van der Waals surface area contributed by atoms with Crippen molar-refractivity contribution in [3.8, 4) is 0 Å². The van der Waals surface area contributed by atoms with Crippen LogP contribution in [0.1, 0.15) is 26.5 Å². The second-order valence-electron chi connectivity index (χ2n) is 5.66. The lowest BCUT2D eigenvalue weighted by atomic mass is 9.93. The van der Waals surface area contributed by atoms with Crippen molar-refractivity contribution in [3.05, 3.63) is 41.5 Å². The zero-order chi connectivity index (χ0) is 13.5. The van der Waals surface area contributed by atoms with E-state index in [9.17, 15) is 0 Å². The van der Waals surface area contributed by atoms with E-state index in [1.165, 1.54) is 5.39 Å². The first kappa shape index (κ1) is 12.2. The van der Waals surface area contributed by atoms with Gasteiger partial charge in [0.05, 0.1) is 5.69 Å². The minimum Gasteiger partial charge on any atom is -0.361 e. The standard InChI is InChI=1S/C15H17N3S/c1-15(2,3)13-9-19-14(18-13)17-12-6-4-5-11-10(12)7-8-16-11/h4-9,16H,1-3H3,(H,17,18). The molecule has 4 heteroatoms. The molecule has 0 spiro atoms. The molecule has 3 aromatic rings. The van der Waals surface area contributed by atoms with Crippen molar-refractivity contribution in [2.45, 2.75) is 26.2 Å². The fourth-order valence-electron chi connectivity index (χ4n) is 1.99. The number of aromatic nitrogens is 2. The first-order valence-corrected chi connectivity index (χ1v) is 7.21. The predicted octanol–water partition coefficient (Wildman–Crippen LogP) is 4.67. The highest BCUT2D eigenvalue weighted by atomic mass is 32.1. The van der Waals surface area contributed by atoms with Crippen LogP contribution in [0.4, 0.5) is 10.8 Å². The average molecular weight is 271 g/mol. The number of thiazole rings is 1. The summed E-state index contributed by atoms with van der Waals surface area (Å²) in [5, 5.41) is 7.67. The number of benzene rings is 1. The largest absolute Gasteiger partial charge is 0.361 e. The zero-order valence-electron chi connectivity index (χ0n) is 11.3. The van der Waals surface area contributed by atoms with E-state index in [1.54, 1.807) is 11.3 Å². The Labute approximate surface area is 116 Å². The minimum atomic E-state index is 0.0938. The van der Waals surface area contributed by atoms with Crippen LogP contribution in [0, 0.1) is 0 Å². The molecule has 3 rings (SSSR count). The third-order valence-electron chi connectivity index (χ3n) is 3.11. The molecule has 98 valence electrons. The van der Waals surface area contributed by atoms with Gasteiger partial charge in [-0.2, -0.15) is 0 Å². The van der Waals surface area contributed by atoms with Crippen LogP contribution in [0.3, 0.4) is 0 Å². The number of aromatic amines is 1. The maximum absolute atomic E-state index is 4.67. The molecule has 1 aromatic carbocycles. The summed E-state index contributed by atoms with van der Waals surface area (Å²) in [6.45, 7) is 6.54. The number of H-pyrrole nitrogens is 1. The first-order valence-electron chi connectivity index (χ1n) is 6.33. The van der Waals surface area contributed by atoms with Crippen LogP contribution in [0.2, 0.25) is 0 Å². The summed E-state index contributed by atoms with van der Waals surface area (Å²) in [6, 6.07) is 8.27. The van der Waals surface area contributed by atoms with Gasteiger partial charge in [0.15, 0.2) is 5.13 Å². The maximum Gasteiger partial charge on any atom is 0.187 e. The van der Waals surface area contributed by atoms with E-state index in [0.717, 1.165) is 22.0 Å². The average Bonchev–Trinajstić information content (AvgIpc) is 2.96. The van der Waals surface area contributed by atoms with Gasteiger partial charge in [0.1, 0.15) is 0 Å². The molecular weight excluding hydrogens is 254 g/mol. The van der Waals surface area contributed by atoms with Crippen LogP contribution in [0.5, 0.6) is 0 Å². The Morgan fingerprint density at radius 3 is 2.79 bits per heavy atom. The normalized spacial score (nSPS) is 11.9. The van der Waals surface area contributed by atoms with E-state index in [-0.39, 0.29) is 5.41 Å². The minimum absolute atomic E-state index is 0.0938. The summed E-state index contributed by atoms with van der Waals surface area (Å²) in [5.41, 5.74) is 3.45. The molecule has 0 unspecified atom stereocenters. The van der Waals surface area contributed by atoms with Crippen LogP contribution in [0.15, 0.2) is 35.8 Å². The van der Waals surface area contributed by atoms with Crippen molar-refractivity contribution >= 4 is 33.1 Å². The Hall–Kier alpha value is -1.81. The van der Waals surface area contributed by atoms with Crippen LogP contribution in [0.25, 0.3) is 10.9 Å². The molecule has 0 aliphatic heterocycles. The Morgan fingerprint density at radius 2 is 2.05 bits per heavy atom. The maximum atomic E-state index is 4.67. The Morgan fingerprint density at radius 1 is 1.21 bits per heavy atom. The highest BCUT2D eigenvalue weighted by Crippen LogP contribution is 2.30. The monoisotopic (exact) mass is 271 g/mol. The molecule has 0 radical (unpaired) electrons. The molecular formula is C15H17N3S. The van der Waals surface area contributed by atoms with Gasteiger partial charge in [0.2, 0.25) is 0 Å². The highest BCUT2D eigenvalue weighted by molar-refractivity contribution is 7.13.